The Balaban J connectivity index is 0.00000227. The van der Waals surface area contributed by atoms with Crippen molar-refractivity contribution in [1.82, 2.24) is 0 Å². The molecule has 1 aliphatic heterocycles. The van der Waals surface area contributed by atoms with Crippen LogP contribution in [-0.4, -0.2) is 107 Å². The van der Waals surface area contributed by atoms with Crippen LogP contribution in [0.5, 0.6) is 0 Å². The van der Waals surface area contributed by atoms with Gasteiger partial charge in [0.25, 0.3) is 0 Å². The highest BCUT2D eigenvalue weighted by molar-refractivity contribution is 5.71. The third-order valence-corrected chi connectivity index (χ3v) is 5.29. The van der Waals surface area contributed by atoms with Crippen LogP contribution in [-0.2, 0) is 73.2 Å². The second kappa shape index (κ2) is 22.8. The molecule has 4 unspecified atom stereocenters. The Bertz CT molecular complexity index is 1000. The maximum Gasteiger partial charge on any atom is 0.332 e. The zero-order valence-electron chi connectivity index (χ0n) is 25.6. The number of carbonyl (C=O) groups excluding carboxylic acids is 5. The monoisotopic (exact) mass is 629 g/mol. The molecule has 0 bridgehead atoms. The van der Waals surface area contributed by atoms with Crippen LogP contribution in [0.4, 0.5) is 0 Å². The first-order valence-electron chi connectivity index (χ1n) is 13.9. The van der Waals surface area contributed by atoms with Crippen molar-refractivity contribution < 1.29 is 66.6 Å². The Morgan fingerprint density at radius 2 is 1.34 bits per heavy atom. The molecular weight excluding hydrogens is 586 g/mol. The Hall–Kier alpha value is -3.63. The van der Waals surface area contributed by atoms with Crippen molar-refractivity contribution in [3.63, 3.8) is 0 Å². The van der Waals surface area contributed by atoms with E-state index in [2.05, 4.69) is 5.73 Å². The van der Waals surface area contributed by atoms with Crippen molar-refractivity contribution in [2.24, 2.45) is 5.73 Å². The first-order chi connectivity index (χ1) is 21.0. The van der Waals surface area contributed by atoms with Crippen LogP contribution in [0.2, 0.25) is 0 Å². The Morgan fingerprint density at radius 3 is 1.91 bits per heavy atom. The van der Waals surface area contributed by atoms with Crippen LogP contribution in [0.15, 0.2) is 30.3 Å². The number of amides is 1. The van der Waals surface area contributed by atoms with Crippen molar-refractivity contribution in [3.8, 4) is 0 Å². The summed E-state index contributed by atoms with van der Waals surface area (Å²) in [6.45, 7) is 6.34. The molecule has 1 fully saturated rings. The maximum atomic E-state index is 11.7. The lowest BCUT2D eigenvalue weighted by atomic mass is 10.0. The third-order valence-electron chi connectivity index (χ3n) is 5.29. The van der Waals surface area contributed by atoms with Gasteiger partial charge in [0.1, 0.15) is 32.0 Å². The van der Waals surface area contributed by atoms with E-state index in [1.807, 2.05) is 30.3 Å². The van der Waals surface area contributed by atoms with Crippen molar-refractivity contribution in [2.75, 3.05) is 52.9 Å². The molecule has 1 aromatic carbocycles. The fourth-order valence-corrected chi connectivity index (χ4v) is 3.62. The number of rotatable bonds is 18. The van der Waals surface area contributed by atoms with Crippen LogP contribution in [0.25, 0.3) is 0 Å². The molecular formula is C29H43NO14. The molecule has 2 N–H and O–H groups in total. The second-order valence-electron chi connectivity index (χ2n) is 9.27. The number of hydrogen-bond donors (Lipinski definition) is 1. The van der Waals surface area contributed by atoms with E-state index in [1.54, 1.807) is 0 Å². The standard InChI is InChI=1S/C27H38O13.C2H5NO/c1-19(28)36-17-24-27(39-21(3)30)23(38-20(2)29)15-26(40-24)35-14-13-33-10-9-32-11-12-34-18-25(31)37-16-22-7-5-4-6-8-22;1-2(3)4/h4-8,23-24,26-27H,9-18H2,1-3H3;1H3,(H2,3,4). The average Bonchev–Trinajstić information content (AvgIpc) is 2.94. The molecule has 0 saturated carbocycles. The van der Waals surface area contributed by atoms with Gasteiger partial charge in [0, 0.05) is 34.1 Å². The first kappa shape index (κ1) is 38.4. The van der Waals surface area contributed by atoms with Gasteiger partial charge in [0.05, 0.1) is 39.6 Å². The van der Waals surface area contributed by atoms with Crippen LogP contribution < -0.4 is 5.73 Å². The minimum absolute atomic E-state index is 0.108. The minimum Gasteiger partial charge on any atom is -0.463 e. The van der Waals surface area contributed by atoms with Gasteiger partial charge >= 0.3 is 23.9 Å². The maximum absolute atomic E-state index is 11.7. The SMILES string of the molecule is CC(=O)OCC1OC(OCCOCCOCCOCC(=O)OCc2ccccc2)CC(OC(C)=O)C1OC(C)=O.CC(N)=O. The molecule has 15 heteroatoms. The summed E-state index contributed by atoms with van der Waals surface area (Å²) in [7, 11) is 0. The summed E-state index contributed by atoms with van der Waals surface area (Å²) < 4.78 is 48.3. The number of nitrogens with two attached hydrogens (primary N) is 1. The minimum atomic E-state index is -0.960. The molecule has 1 saturated heterocycles. The van der Waals surface area contributed by atoms with E-state index in [1.165, 1.54) is 27.7 Å². The number of esters is 4. The molecule has 1 aliphatic rings. The van der Waals surface area contributed by atoms with E-state index in [0.717, 1.165) is 5.56 Å². The largest absolute Gasteiger partial charge is 0.463 e. The fraction of sp³-hybridized carbons (Fsp3) is 0.621. The van der Waals surface area contributed by atoms with Crippen LogP contribution >= 0.6 is 0 Å². The molecule has 248 valence electrons. The highest BCUT2D eigenvalue weighted by atomic mass is 16.7. The van der Waals surface area contributed by atoms with Gasteiger partial charge in [0.15, 0.2) is 12.4 Å². The van der Waals surface area contributed by atoms with Crippen molar-refractivity contribution in [1.29, 1.82) is 0 Å². The van der Waals surface area contributed by atoms with Gasteiger partial charge in [-0.25, -0.2) is 4.79 Å². The highest BCUT2D eigenvalue weighted by Crippen LogP contribution is 2.27. The van der Waals surface area contributed by atoms with E-state index in [9.17, 15) is 24.0 Å². The lowest BCUT2D eigenvalue weighted by Gasteiger charge is -2.39. The normalized spacial score (nSPS) is 19.1. The predicted molar refractivity (Wildman–Crippen MR) is 151 cm³/mol. The van der Waals surface area contributed by atoms with Gasteiger partial charge in [-0.2, -0.15) is 0 Å². The molecule has 1 aromatic rings. The summed E-state index contributed by atoms with van der Waals surface area (Å²) in [6, 6.07) is 9.36. The van der Waals surface area contributed by atoms with Gasteiger partial charge in [-0.05, 0) is 5.56 Å². The fourth-order valence-electron chi connectivity index (χ4n) is 3.62. The summed E-state index contributed by atoms with van der Waals surface area (Å²) in [6.07, 6.45) is -3.40. The van der Waals surface area contributed by atoms with Crippen molar-refractivity contribution in [3.05, 3.63) is 35.9 Å². The van der Waals surface area contributed by atoms with Gasteiger partial charge in [-0.15, -0.1) is 0 Å². The zero-order chi connectivity index (χ0) is 32.7. The van der Waals surface area contributed by atoms with Gasteiger partial charge in [0.2, 0.25) is 5.91 Å². The molecule has 4 atom stereocenters. The molecule has 1 heterocycles. The molecule has 15 nitrogen and oxygen atoms in total. The number of carbonyl (C=O) groups is 5. The first-order valence-corrected chi connectivity index (χ1v) is 13.9. The Labute approximate surface area is 256 Å². The van der Waals surface area contributed by atoms with Crippen molar-refractivity contribution in [2.45, 2.75) is 65.3 Å². The molecule has 2 rings (SSSR count). The summed E-state index contributed by atoms with van der Waals surface area (Å²) in [5.74, 6) is -2.49. The summed E-state index contributed by atoms with van der Waals surface area (Å²) in [5, 5.41) is 0. The van der Waals surface area contributed by atoms with Gasteiger partial charge in [-0.1, -0.05) is 30.3 Å². The average molecular weight is 630 g/mol. The topological polar surface area (TPSA) is 194 Å². The molecule has 44 heavy (non-hydrogen) atoms. The molecule has 0 aliphatic carbocycles. The Kier molecular flexibility index (Phi) is 19.9. The van der Waals surface area contributed by atoms with E-state index in [4.69, 9.17) is 42.6 Å². The van der Waals surface area contributed by atoms with E-state index >= 15 is 0 Å². The van der Waals surface area contributed by atoms with Crippen LogP contribution in [0.1, 0.15) is 39.7 Å². The highest BCUT2D eigenvalue weighted by Gasteiger charge is 2.44. The number of hydrogen-bond acceptors (Lipinski definition) is 14. The zero-order valence-corrected chi connectivity index (χ0v) is 25.6. The lowest BCUT2D eigenvalue weighted by Crippen LogP contribution is -2.54. The van der Waals surface area contributed by atoms with Crippen LogP contribution in [0.3, 0.4) is 0 Å². The van der Waals surface area contributed by atoms with E-state index in [-0.39, 0.29) is 58.6 Å². The summed E-state index contributed by atoms with van der Waals surface area (Å²) >= 11 is 0. The smallest absolute Gasteiger partial charge is 0.332 e. The second-order valence-corrected chi connectivity index (χ2v) is 9.27. The summed E-state index contributed by atoms with van der Waals surface area (Å²) in [5.41, 5.74) is 5.37. The predicted octanol–water partition coefficient (Wildman–Crippen LogP) is 0.829. The molecule has 0 spiro atoms. The van der Waals surface area contributed by atoms with Gasteiger partial charge < -0.3 is 48.4 Å². The van der Waals surface area contributed by atoms with Crippen LogP contribution in [0, 0.1) is 0 Å². The quantitative estimate of drug-likeness (QED) is 0.136. The third kappa shape index (κ3) is 19.5. The molecule has 0 radical (unpaired) electrons. The van der Waals surface area contributed by atoms with Crippen molar-refractivity contribution >= 4 is 29.8 Å². The van der Waals surface area contributed by atoms with E-state index < -0.39 is 48.5 Å². The number of benzene rings is 1. The Morgan fingerprint density at radius 1 is 0.773 bits per heavy atom. The molecule has 0 aromatic heterocycles. The number of ether oxygens (including phenoxy) is 9. The van der Waals surface area contributed by atoms with E-state index in [0.29, 0.717) is 13.2 Å². The van der Waals surface area contributed by atoms with Gasteiger partial charge in [-0.3, -0.25) is 19.2 Å². The number of primary amides is 1. The summed E-state index contributed by atoms with van der Waals surface area (Å²) in [4.78, 5) is 55.3. The molecule has 1 amide bonds. The lowest BCUT2D eigenvalue weighted by molar-refractivity contribution is -0.267.